The Morgan fingerprint density at radius 3 is 2.13 bits per heavy atom. The summed E-state index contributed by atoms with van der Waals surface area (Å²) in [6.45, 7) is 0.663. The third-order valence-corrected chi connectivity index (χ3v) is 5.32. The van der Waals surface area contributed by atoms with Gasteiger partial charge >= 0.3 is 0 Å². The lowest BCUT2D eigenvalue weighted by Gasteiger charge is -2.13. The molecule has 4 amide bonds. The van der Waals surface area contributed by atoms with Crippen molar-refractivity contribution in [1.82, 2.24) is 15.5 Å². The molecule has 0 atom stereocenters. The number of halogens is 2. The number of nitrogens with one attached hydrogen (secondary N) is 2. The number of carbonyl (C=O) groups is 4. The average Bonchev–Trinajstić information content (AvgIpc) is 2.98. The molecule has 156 valence electrons. The van der Waals surface area contributed by atoms with Crippen molar-refractivity contribution >= 4 is 46.8 Å². The van der Waals surface area contributed by atoms with Gasteiger partial charge in [-0.1, -0.05) is 35.3 Å². The zero-order valence-electron chi connectivity index (χ0n) is 15.9. The van der Waals surface area contributed by atoms with E-state index < -0.39 is 0 Å². The third kappa shape index (κ3) is 4.98. The van der Waals surface area contributed by atoms with E-state index in [1.165, 1.54) is 12.1 Å². The highest BCUT2D eigenvalue weighted by atomic mass is 35.5. The molecule has 1 aliphatic rings. The highest BCUT2D eigenvalue weighted by Crippen LogP contribution is 2.23. The second-order valence-electron chi connectivity index (χ2n) is 6.65. The quantitative estimate of drug-likeness (QED) is 0.480. The Kier molecular flexibility index (Phi) is 7.07. The maximum atomic E-state index is 12.3. The fourth-order valence-electron chi connectivity index (χ4n) is 3.05. The van der Waals surface area contributed by atoms with Gasteiger partial charge in [0.05, 0.1) is 21.2 Å². The third-order valence-electron chi connectivity index (χ3n) is 4.58. The van der Waals surface area contributed by atoms with Crippen molar-refractivity contribution in [2.75, 3.05) is 19.6 Å². The van der Waals surface area contributed by atoms with Crippen LogP contribution in [-0.2, 0) is 4.79 Å². The van der Waals surface area contributed by atoms with Crippen molar-refractivity contribution in [1.29, 1.82) is 0 Å². The Morgan fingerprint density at radius 2 is 1.50 bits per heavy atom. The first-order chi connectivity index (χ1) is 14.4. The Hall–Kier alpha value is -2.90. The van der Waals surface area contributed by atoms with Gasteiger partial charge in [-0.25, -0.2) is 0 Å². The average molecular weight is 448 g/mol. The summed E-state index contributed by atoms with van der Waals surface area (Å²) in [4.78, 5) is 49.7. The Morgan fingerprint density at radius 1 is 0.867 bits per heavy atom. The molecule has 1 heterocycles. The summed E-state index contributed by atoms with van der Waals surface area (Å²) < 4.78 is 0. The number of hydrogen-bond donors (Lipinski definition) is 2. The number of hydrogen-bond acceptors (Lipinski definition) is 4. The Balaban J connectivity index is 1.35. The van der Waals surface area contributed by atoms with Crippen LogP contribution in [0.3, 0.4) is 0 Å². The Labute approximate surface area is 183 Å². The predicted octanol–water partition coefficient (Wildman–Crippen LogP) is 2.92. The highest BCUT2D eigenvalue weighted by Gasteiger charge is 2.34. The van der Waals surface area contributed by atoms with Gasteiger partial charge in [0.15, 0.2) is 0 Å². The molecule has 0 spiro atoms. The van der Waals surface area contributed by atoms with Crippen molar-refractivity contribution < 1.29 is 19.2 Å². The molecule has 7 nitrogen and oxygen atoms in total. The summed E-state index contributed by atoms with van der Waals surface area (Å²) in [6, 6.07) is 11.2. The molecule has 0 fully saturated rings. The van der Waals surface area contributed by atoms with E-state index in [1.54, 1.807) is 30.3 Å². The van der Waals surface area contributed by atoms with Crippen molar-refractivity contribution in [3.8, 4) is 0 Å². The Bertz CT molecular complexity index is 974. The van der Waals surface area contributed by atoms with Crippen molar-refractivity contribution in [2.24, 2.45) is 0 Å². The van der Waals surface area contributed by atoms with Gasteiger partial charge in [0.1, 0.15) is 0 Å². The van der Waals surface area contributed by atoms with E-state index >= 15 is 0 Å². The van der Waals surface area contributed by atoms with Gasteiger partial charge < -0.3 is 10.6 Å². The molecule has 2 aromatic rings. The van der Waals surface area contributed by atoms with Gasteiger partial charge in [-0.3, -0.25) is 24.1 Å². The van der Waals surface area contributed by atoms with E-state index in [1.807, 2.05) is 0 Å². The van der Waals surface area contributed by atoms with Gasteiger partial charge in [0.25, 0.3) is 17.7 Å². The fourth-order valence-corrected chi connectivity index (χ4v) is 3.34. The number of imide groups is 1. The fraction of sp³-hybridized carbons (Fsp3) is 0.238. The van der Waals surface area contributed by atoms with Crippen LogP contribution in [0.15, 0.2) is 42.5 Å². The molecule has 1 aliphatic heterocycles. The van der Waals surface area contributed by atoms with Crippen LogP contribution in [0, 0.1) is 0 Å². The minimum Gasteiger partial charge on any atom is -0.354 e. The molecule has 0 saturated heterocycles. The summed E-state index contributed by atoms with van der Waals surface area (Å²) in [6.07, 6.45) is 0.515. The van der Waals surface area contributed by atoms with E-state index in [0.29, 0.717) is 28.1 Å². The summed E-state index contributed by atoms with van der Waals surface area (Å²) in [7, 11) is 0. The van der Waals surface area contributed by atoms with Gasteiger partial charge in [-0.2, -0.15) is 0 Å². The zero-order chi connectivity index (χ0) is 21.7. The maximum Gasteiger partial charge on any atom is 0.261 e. The van der Waals surface area contributed by atoms with Gasteiger partial charge in [0, 0.05) is 31.6 Å². The van der Waals surface area contributed by atoms with Crippen LogP contribution >= 0.6 is 23.2 Å². The predicted molar refractivity (Wildman–Crippen MR) is 113 cm³/mol. The summed E-state index contributed by atoms with van der Waals surface area (Å²) in [5.41, 5.74) is 1.16. The van der Waals surface area contributed by atoms with Gasteiger partial charge in [0.2, 0.25) is 5.91 Å². The van der Waals surface area contributed by atoms with Crippen LogP contribution in [0.4, 0.5) is 0 Å². The smallest absolute Gasteiger partial charge is 0.261 e. The normalized spacial score (nSPS) is 12.7. The lowest BCUT2D eigenvalue weighted by molar-refractivity contribution is -0.121. The molecule has 2 N–H and O–H groups in total. The van der Waals surface area contributed by atoms with Crippen LogP contribution in [-0.4, -0.2) is 48.2 Å². The summed E-state index contributed by atoms with van der Waals surface area (Å²) in [5, 5.41) is 6.01. The van der Waals surface area contributed by atoms with Crippen LogP contribution in [0.25, 0.3) is 0 Å². The minimum atomic E-state index is -0.332. The molecule has 0 bridgehead atoms. The first-order valence-electron chi connectivity index (χ1n) is 9.33. The molecular weight excluding hydrogens is 429 g/mol. The molecule has 9 heteroatoms. The van der Waals surface area contributed by atoms with Crippen molar-refractivity contribution in [3.63, 3.8) is 0 Å². The zero-order valence-corrected chi connectivity index (χ0v) is 17.4. The highest BCUT2D eigenvalue weighted by molar-refractivity contribution is 6.42. The van der Waals surface area contributed by atoms with Crippen molar-refractivity contribution in [2.45, 2.75) is 12.8 Å². The maximum absolute atomic E-state index is 12.3. The number of nitrogens with zero attached hydrogens (tertiary/aromatic N) is 1. The first kappa shape index (κ1) is 21.8. The second kappa shape index (κ2) is 9.73. The van der Waals surface area contributed by atoms with Gasteiger partial charge in [-0.15, -0.1) is 0 Å². The van der Waals surface area contributed by atoms with E-state index in [0.717, 1.165) is 4.90 Å². The number of rotatable bonds is 8. The molecule has 2 aromatic carbocycles. The molecule has 0 saturated carbocycles. The molecule has 0 aliphatic carbocycles. The van der Waals surface area contributed by atoms with E-state index in [9.17, 15) is 19.2 Å². The largest absolute Gasteiger partial charge is 0.354 e. The number of benzene rings is 2. The van der Waals surface area contributed by atoms with E-state index in [2.05, 4.69) is 10.6 Å². The SMILES string of the molecule is O=C(CCCN1C(=O)c2ccccc2C1=O)NCCNC(=O)c1ccc(Cl)c(Cl)c1. The molecule has 3 rings (SSSR count). The molecule has 0 aromatic heterocycles. The monoisotopic (exact) mass is 447 g/mol. The topological polar surface area (TPSA) is 95.6 Å². The van der Waals surface area contributed by atoms with Crippen LogP contribution in [0.2, 0.25) is 10.0 Å². The molecule has 0 radical (unpaired) electrons. The number of carbonyl (C=O) groups excluding carboxylic acids is 4. The van der Waals surface area contributed by atoms with E-state index in [-0.39, 0.29) is 54.7 Å². The molecular formula is C21H19Cl2N3O4. The van der Waals surface area contributed by atoms with Crippen LogP contribution < -0.4 is 10.6 Å². The van der Waals surface area contributed by atoms with Crippen molar-refractivity contribution in [3.05, 3.63) is 69.2 Å². The summed E-state index contributed by atoms with van der Waals surface area (Å²) >= 11 is 11.7. The van der Waals surface area contributed by atoms with Crippen LogP contribution in [0.5, 0.6) is 0 Å². The van der Waals surface area contributed by atoms with E-state index in [4.69, 9.17) is 23.2 Å². The number of fused-ring (bicyclic) bond motifs is 1. The summed E-state index contributed by atoms with van der Waals surface area (Å²) in [5.74, 6) is -1.22. The molecule has 30 heavy (non-hydrogen) atoms. The van der Waals surface area contributed by atoms with Gasteiger partial charge in [-0.05, 0) is 36.8 Å². The molecule has 0 unspecified atom stereocenters. The second-order valence-corrected chi connectivity index (χ2v) is 7.46. The number of amides is 4. The lowest BCUT2D eigenvalue weighted by atomic mass is 10.1. The lowest BCUT2D eigenvalue weighted by Crippen LogP contribution is -2.35. The van der Waals surface area contributed by atoms with Crippen LogP contribution in [0.1, 0.15) is 43.9 Å². The first-order valence-corrected chi connectivity index (χ1v) is 10.1. The standard InChI is InChI=1S/C21H19Cl2N3O4/c22-16-8-7-13(12-17(16)23)19(28)25-10-9-24-18(27)6-3-11-26-20(29)14-4-1-2-5-15(14)21(26)30/h1-2,4-5,7-8,12H,3,6,9-11H2,(H,24,27)(H,25,28). The minimum absolute atomic E-state index is 0.161.